The Balaban J connectivity index is 2.68. The Bertz CT molecular complexity index is 275. The fourth-order valence-electron chi connectivity index (χ4n) is 1.38. The summed E-state index contributed by atoms with van der Waals surface area (Å²) in [7, 11) is -3.63. The Morgan fingerprint density at radius 2 is 2.00 bits per heavy atom. The van der Waals surface area contributed by atoms with Crippen molar-refractivity contribution in [3.05, 3.63) is 0 Å². The smallest absolute Gasteiger partial charge is 0.264 e. The number of ether oxygens (including phenoxy) is 1. The summed E-state index contributed by atoms with van der Waals surface area (Å²) in [4.78, 5) is 0. The van der Waals surface area contributed by atoms with Crippen LogP contribution in [0.1, 0.15) is 13.3 Å². The second-order valence-corrected chi connectivity index (χ2v) is 4.96. The SMILES string of the molecule is C[C@@H]1O[C@H](O)C[C@H](O)[C@H]1OS(C)(=O)=O. The molecular formula is C7H14O6S. The maximum atomic E-state index is 10.8. The van der Waals surface area contributed by atoms with E-state index in [0.717, 1.165) is 6.26 Å². The van der Waals surface area contributed by atoms with E-state index in [2.05, 4.69) is 4.18 Å². The first-order valence-corrected chi connectivity index (χ1v) is 6.01. The van der Waals surface area contributed by atoms with Gasteiger partial charge in [-0.2, -0.15) is 8.42 Å². The Labute approximate surface area is 82.6 Å². The molecule has 0 aromatic rings. The van der Waals surface area contributed by atoms with Crippen molar-refractivity contribution in [2.45, 2.75) is 37.9 Å². The fourth-order valence-corrected chi connectivity index (χ4v) is 2.07. The molecule has 1 heterocycles. The van der Waals surface area contributed by atoms with E-state index in [-0.39, 0.29) is 6.42 Å². The molecule has 14 heavy (non-hydrogen) atoms. The third-order valence-electron chi connectivity index (χ3n) is 1.94. The number of hydrogen-bond acceptors (Lipinski definition) is 6. The van der Waals surface area contributed by atoms with Gasteiger partial charge < -0.3 is 14.9 Å². The van der Waals surface area contributed by atoms with E-state index >= 15 is 0 Å². The third kappa shape index (κ3) is 3.18. The maximum absolute atomic E-state index is 10.8. The second kappa shape index (κ2) is 4.11. The van der Waals surface area contributed by atoms with Crippen LogP contribution in [0.5, 0.6) is 0 Å². The largest absolute Gasteiger partial charge is 0.390 e. The molecule has 0 aliphatic carbocycles. The molecule has 2 N–H and O–H groups in total. The van der Waals surface area contributed by atoms with Gasteiger partial charge in [-0.25, -0.2) is 0 Å². The normalized spacial score (nSPS) is 39.7. The summed E-state index contributed by atoms with van der Waals surface area (Å²) >= 11 is 0. The molecule has 6 nitrogen and oxygen atoms in total. The third-order valence-corrected chi connectivity index (χ3v) is 2.51. The molecule has 0 aromatic heterocycles. The Morgan fingerprint density at radius 1 is 1.43 bits per heavy atom. The van der Waals surface area contributed by atoms with Crippen molar-refractivity contribution >= 4 is 10.1 Å². The van der Waals surface area contributed by atoms with Gasteiger partial charge >= 0.3 is 0 Å². The van der Waals surface area contributed by atoms with Gasteiger partial charge in [0.25, 0.3) is 10.1 Å². The fraction of sp³-hybridized carbons (Fsp3) is 1.00. The molecule has 1 fully saturated rings. The molecule has 4 atom stereocenters. The quantitative estimate of drug-likeness (QED) is 0.576. The van der Waals surface area contributed by atoms with Crippen LogP contribution in [0.4, 0.5) is 0 Å². The number of aliphatic hydroxyl groups excluding tert-OH is 2. The van der Waals surface area contributed by atoms with Crippen LogP contribution < -0.4 is 0 Å². The first-order valence-electron chi connectivity index (χ1n) is 4.19. The molecule has 0 unspecified atom stereocenters. The predicted molar refractivity (Wildman–Crippen MR) is 46.9 cm³/mol. The highest BCUT2D eigenvalue weighted by molar-refractivity contribution is 7.86. The van der Waals surface area contributed by atoms with E-state index < -0.39 is 34.7 Å². The molecule has 1 aliphatic rings. The standard InChI is InChI=1S/C7H14O6S/c1-4-7(13-14(2,10)11)5(8)3-6(9)12-4/h4-9H,3H2,1-2H3/t4-,5-,6-,7-/m0/s1. The highest BCUT2D eigenvalue weighted by Crippen LogP contribution is 2.22. The van der Waals surface area contributed by atoms with E-state index in [1.54, 1.807) is 0 Å². The van der Waals surface area contributed by atoms with Crippen molar-refractivity contribution in [3.63, 3.8) is 0 Å². The minimum Gasteiger partial charge on any atom is -0.390 e. The summed E-state index contributed by atoms with van der Waals surface area (Å²) in [6.45, 7) is 1.53. The monoisotopic (exact) mass is 226 g/mol. The molecule has 0 spiro atoms. The Hall–Kier alpha value is -0.210. The average Bonchev–Trinajstić information content (AvgIpc) is 1.95. The van der Waals surface area contributed by atoms with Crippen molar-refractivity contribution in [3.8, 4) is 0 Å². The summed E-state index contributed by atoms with van der Waals surface area (Å²) in [6, 6.07) is 0. The zero-order chi connectivity index (χ0) is 10.9. The zero-order valence-electron chi connectivity index (χ0n) is 7.95. The van der Waals surface area contributed by atoms with Crippen molar-refractivity contribution < 1.29 is 27.6 Å². The van der Waals surface area contributed by atoms with Gasteiger partial charge in [0.15, 0.2) is 6.29 Å². The molecule has 0 aromatic carbocycles. The highest BCUT2D eigenvalue weighted by atomic mass is 32.2. The van der Waals surface area contributed by atoms with Gasteiger partial charge in [0.05, 0.1) is 18.5 Å². The van der Waals surface area contributed by atoms with Crippen LogP contribution in [-0.4, -0.2) is 49.5 Å². The van der Waals surface area contributed by atoms with Crippen molar-refractivity contribution in [1.29, 1.82) is 0 Å². The van der Waals surface area contributed by atoms with E-state index in [0.29, 0.717) is 0 Å². The number of aliphatic hydroxyl groups is 2. The summed E-state index contributed by atoms with van der Waals surface area (Å²) < 4.78 is 31.2. The van der Waals surface area contributed by atoms with Crippen LogP contribution in [0.2, 0.25) is 0 Å². The molecule has 0 bridgehead atoms. The molecule has 1 rings (SSSR count). The van der Waals surface area contributed by atoms with Crippen LogP contribution in [0, 0.1) is 0 Å². The average molecular weight is 226 g/mol. The van der Waals surface area contributed by atoms with Crippen molar-refractivity contribution in [2.24, 2.45) is 0 Å². The van der Waals surface area contributed by atoms with E-state index in [1.165, 1.54) is 6.92 Å². The Morgan fingerprint density at radius 3 is 2.43 bits per heavy atom. The van der Waals surface area contributed by atoms with Crippen LogP contribution in [-0.2, 0) is 19.0 Å². The first-order chi connectivity index (χ1) is 6.29. The van der Waals surface area contributed by atoms with Gasteiger partial charge in [-0.15, -0.1) is 0 Å². The van der Waals surface area contributed by atoms with Gasteiger partial charge in [0, 0.05) is 6.42 Å². The lowest BCUT2D eigenvalue weighted by molar-refractivity contribution is -0.220. The molecule has 0 amide bonds. The van der Waals surface area contributed by atoms with Gasteiger partial charge in [0.1, 0.15) is 6.10 Å². The predicted octanol–water partition coefficient (Wildman–Crippen LogP) is -1.18. The lowest BCUT2D eigenvalue weighted by Gasteiger charge is -2.34. The maximum Gasteiger partial charge on any atom is 0.264 e. The first kappa shape index (κ1) is 11.9. The molecule has 1 aliphatic heterocycles. The Kier molecular flexibility index (Phi) is 3.49. The van der Waals surface area contributed by atoms with Gasteiger partial charge in [-0.3, -0.25) is 4.18 Å². The van der Waals surface area contributed by atoms with E-state index in [1.807, 2.05) is 0 Å². The number of rotatable bonds is 2. The van der Waals surface area contributed by atoms with Crippen molar-refractivity contribution in [2.75, 3.05) is 6.26 Å². The lowest BCUT2D eigenvalue weighted by atomic mass is 10.0. The minimum atomic E-state index is -3.63. The van der Waals surface area contributed by atoms with Gasteiger partial charge in [0.2, 0.25) is 0 Å². The molecule has 0 saturated carbocycles. The molecule has 84 valence electrons. The van der Waals surface area contributed by atoms with Gasteiger partial charge in [-0.1, -0.05) is 0 Å². The molecule has 0 radical (unpaired) electrons. The zero-order valence-corrected chi connectivity index (χ0v) is 8.77. The molecular weight excluding hydrogens is 212 g/mol. The van der Waals surface area contributed by atoms with E-state index in [4.69, 9.17) is 9.84 Å². The van der Waals surface area contributed by atoms with Crippen molar-refractivity contribution in [1.82, 2.24) is 0 Å². The summed E-state index contributed by atoms with van der Waals surface area (Å²) in [5.74, 6) is 0. The molecule has 1 saturated heterocycles. The highest BCUT2D eigenvalue weighted by Gasteiger charge is 2.37. The number of hydrogen-bond donors (Lipinski definition) is 2. The summed E-state index contributed by atoms with van der Waals surface area (Å²) in [6.07, 6.45) is -2.87. The lowest BCUT2D eigenvalue weighted by Crippen LogP contribution is -2.49. The van der Waals surface area contributed by atoms with Crippen LogP contribution in [0.3, 0.4) is 0 Å². The topological polar surface area (TPSA) is 93.1 Å². The minimum absolute atomic E-state index is 0.0511. The second-order valence-electron chi connectivity index (χ2n) is 3.36. The van der Waals surface area contributed by atoms with E-state index in [9.17, 15) is 13.5 Å². The van der Waals surface area contributed by atoms with Crippen LogP contribution >= 0.6 is 0 Å². The molecule has 7 heteroatoms. The van der Waals surface area contributed by atoms with Crippen LogP contribution in [0.25, 0.3) is 0 Å². The summed E-state index contributed by atoms with van der Waals surface area (Å²) in [5.41, 5.74) is 0. The van der Waals surface area contributed by atoms with Gasteiger partial charge in [-0.05, 0) is 6.92 Å². The summed E-state index contributed by atoms with van der Waals surface area (Å²) in [5, 5.41) is 18.5. The van der Waals surface area contributed by atoms with Crippen LogP contribution in [0.15, 0.2) is 0 Å².